The van der Waals surface area contributed by atoms with E-state index >= 15 is 0 Å². The molecule has 0 aliphatic heterocycles. The van der Waals surface area contributed by atoms with Crippen molar-refractivity contribution >= 4 is 87.2 Å². The number of hydrogen-bond acceptors (Lipinski definition) is 3. The van der Waals surface area contributed by atoms with Crippen LogP contribution >= 0.6 is 0 Å². The van der Waals surface area contributed by atoms with E-state index in [2.05, 4.69) is 318 Å². The van der Waals surface area contributed by atoms with Gasteiger partial charge in [0.25, 0.3) is 0 Å². The van der Waals surface area contributed by atoms with Crippen molar-refractivity contribution in [2.75, 3.05) is 0 Å². The first-order chi connectivity index (χ1) is 56.4. The predicted octanol–water partition coefficient (Wildman–Crippen LogP) is 26.4. The van der Waals surface area contributed by atoms with Crippen LogP contribution in [0, 0.1) is 47.3 Å². The number of nitrogens with zero attached hydrogens (tertiary/aromatic N) is 7. The first kappa shape index (κ1) is 63.9. The van der Waals surface area contributed by atoms with E-state index in [1.807, 2.05) is 30.6 Å². The summed E-state index contributed by atoms with van der Waals surface area (Å²) < 4.78 is 9.74. The second-order valence-electron chi connectivity index (χ2n) is 35.1. The van der Waals surface area contributed by atoms with Crippen molar-refractivity contribution in [2.24, 2.45) is 47.3 Å². The van der Waals surface area contributed by atoms with Gasteiger partial charge < -0.3 is 13.7 Å². The molecule has 7 heteroatoms. The summed E-state index contributed by atoms with van der Waals surface area (Å²) in [6.07, 6.45) is 19.4. The highest BCUT2D eigenvalue weighted by Crippen LogP contribution is 2.71. The van der Waals surface area contributed by atoms with Gasteiger partial charge in [-0.25, -0.2) is 9.97 Å². The van der Waals surface area contributed by atoms with Crippen LogP contribution in [0.4, 0.5) is 0 Å². The molecule has 10 aliphatic carbocycles. The third-order valence-electron chi connectivity index (χ3n) is 29.8. The Balaban J connectivity index is 0.000000126. The van der Waals surface area contributed by atoms with Gasteiger partial charge in [-0.2, -0.15) is 0 Å². The standard InChI is InChI=1S/C57H43N3.C50H38N4/c1-4-12-50-44(9-1)45-23-22-43(34-51(45)57(50)40-28-35-27-36(30-40)31-41(57)29-35)60-54-15-6-3-11-47(54)49-33-39(19-25-56(49)60)38-18-24-55-48(32-38)46-10-2-5-14-53(46)59(55)42-20-16-37(17-21-42)52-13-7-8-26-58-52;1-4-10-43-37(7-1)38-16-15-36(28-44(38)50(43)34-22-30-21-31(24-34)25-35(50)23-30)53-45-11-5-2-8-39(45)41-26-32(13-17-47(41)53)33-14-18-48-42(27-33)40-9-3-6-12-46(40)54(48)49-19-20-51-29-52-49/h1-26,32-36,40-41H,27-31H2;1-20,26-31,34-35H,21-25H2. The summed E-state index contributed by atoms with van der Waals surface area (Å²) in [5.74, 6) is 7.59. The van der Waals surface area contributed by atoms with Crippen molar-refractivity contribution in [3.05, 3.63) is 344 Å². The van der Waals surface area contributed by atoms with Crippen molar-refractivity contribution in [2.45, 2.75) is 75.0 Å². The molecule has 19 aromatic rings. The van der Waals surface area contributed by atoms with E-state index in [1.54, 1.807) is 28.6 Å². The van der Waals surface area contributed by atoms with Gasteiger partial charge in [-0.15, -0.1) is 0 Å². The van der Waals surface area contributed by atoms with Gasteiger partial charge in [-0.1, -0.05) is 176 Å². The zero-order valence-electron chi connectivity index (χ0n) is 63.4. The van der Waals surface area contributed by atoms with Crippen LogP contribution in [0.1, 0.15) is 86.5 Å². The first-order valence-corrected chi connectivity index (χ1v) is 41.9. The Hall–Kier alpha value is -12.7. The third kappa shape index (κ3) is 8.85. The monoisotopic (exact) mass is 1460 g/mol. The Morgan fingerprint density at radius 1 is 0.237 bits per heavy atom. The minimum absolute atomic E-state index is 0.145. The molecule has 544 valence electrons. The van der Waals surface area contributed by atoms with Gasteiger partial charge in [0.05, 0.1) is 49.8 Å². The molecule has 8 saturated carbocycles. The average molecular weight is 1460 g/mol. The Morgan fingerprint density at radius 2 is 0.579 bits per heavy atom. The third-order valence-corrected chi connectivity index (χ3v) is 29.8. The maximum atomic E-state index is 4.62. The summed E-state index contributed by atoms with van der Waals surface area (Å²) in [7, 11) is 0. The number of rotatable bonds is 7. The molecule has 6 heterocycles. The molecule has 29 rings (SSSR count). The molecule has 0 amide bonds. The lowest BCUT2D eigenvalue weighted by atomic mass is 9.43. The van der Waals surface area contributed by atoms with Crippen LogP contribution in [-0.2, 0) is 10.8 Å². The molecule has 8 bridgehead atoms. The number of hydrogen-bond donors (Lipinski definition) is 0. The molecule has 114 heavy (non-hydrogen) atoms. The van der Waals surface area contributed by atoms with Gasteiger partial charge in [0, 0.05) is 88.9 Å². The largest absolute Gasteiger partial charge is 0.309 e. The fourth-order valence-electron chi connectivity index (χ4n) is 26.0. The Bertz CT molecular complexity index is 7210. The fraction of sp³-hybridized carbons (Fsp3) is 0.187. The SMILES string of the molecule is c1ccc(-c2ccc(-n3c4ccccc4c4cc(-c5ccc6c(c5)c5ccccc5n6-c5ccc6c(c5)C5(c7ccccc7-6)C6CC7CC(C6)CC5C7)ccc43)cc2)nc1.c1ccc2c(c1)-c1ccc(-n3c4ccccc4c4cc(-c5ccc6c(c5)c5ccccc5n6-c5ccncn5)ccc43)cc1C21C2CC3CC(C2)CC1C3. The molecule has 7 nitrogen and oxygen atoms in total. The summed E-state index contributed by atoms with van der Waals surface area (Å²) in [5, 5.41) is 10.2. The van der Waals surface area contributed by atoms with Crippen molar-refractivity contribution in [3.8, 4) is 78.6 Å². The van der Waals surface area contributed by atoms with Gasteiger partial charge in [0.2, 0.25) is 0 Å². The lowest BCUT2D eigenvalue weighted by Gasteiger charge is -2.61. The molecule has 8 fully saturated rings. The van der Waals surface area contributed by atoms with E-state index in [1.165, 1.54) is 196 Å². The Labute approximate surface area is 661 Å². The highest BCUT2D eigenvalue weighted by atomic mass is 15.1. The molecule has 0 radical (unpaired) electrons. The van der Waals surface area contributed by atoms with Crippen LogP contribution in [0.3, 0.4) is 0 Å². The maximum absolute atomic E-state index is 4.62. The van der Waals surface area contributed by atoms with Crippen molar-refractivity contribution < 1.29 is 0 Å². The zero-order valence-corrected chi connectivity index (χ0v) is 63.4. The van der Waals surface area contributed by atoms with Crippen molar-refractivity contribution in [3.63, 3.8) is 0 Å². The summed E-state index contributed by atoms with van der Waals surface area (Å²) in [6.45, 7) is 0. The molecule has 6 aromatic heterocycles. The number of para-hydroxylation sites is 4. The van der Waals surface area contributed by atoms with E-state index in [0.717, 1.165) is 81.1 Å². The van der Waals surface area contributed by atoms with E-state index in [0.29, 0.717) is 0 Å². The molecule has 2 spiro atoms. The number of fused-ring (bicyclic) bond motifs is 18. The Morgan fingerprint density at radius 3 is 0.982 bits per heavy atom. The van der Waals surface area contributed by atoms with E-state index in [-0.39, 0.29) is 10.8 Å². The highest BCUT2D eigenvalue weighted by molar-refractivity contribution is 6.15. The lowest BCUT2D eigenvalue weighted by molar-refractivity contribution is -0.0399. The van der Waals surface area contributed by atoms with Gasteiger partial charge in [0.15, 0.2) is 0 Å². The first-order valence-electron chi connectivity index (χ1n) is 41.9. The molecule has 0 atom stereocenters. The topological polar surface area (TPSA) is 58.4 Å². The van der Waals surface area contributed by atoms with E-state index in [4.69, 9.17) is 0 Å². The number of aromatic nitrogens is 7. The minimum atomic E-state index is 0.145. The molecule has 10 aliphatic rings. The van der Waals surface area contributed by atoms with Crippen LogP contribution < -0.4 is 0 Å². The fourth-order valence-corrected chi connectivity index (χ4v) is 26.0. The van der Waals surface area contributed by atoms with E-state index in [9.17, 15) is 0 Å². The van der Waals surface area contributed by atoms with Gasteiger partial charge in [-0.05, 0) is 306 Å². The molecular formula is C107H81N7. The number of pyridine rings is 1. The van der Waals surface area contributed by atoms with Gasteiger partial charge in [0.1, 0.15) is 12.1 Å². The summed E-state index contributed by atoms with van der Waals surface area (Å²) in [5.41, 5.74) is 33.2. The summed E-state index contributed by atoms with van der Waals surface area (Å²) >= 11 is 0. The van der Waals surface area contributed by atoms with Crippen LogP contribution in [0.2, 0.25) is 0 Å². The predicted molar refractivity (Wildman–Crippen MR) is 466 cm³/mol. The molecule has 0 saturated heterocycles. The summed E-state index contributed by atoms with van der Waals surface area (Å²) in [6, 6.07) is 114. The highest BCUT2D eigenvalue weighted by Gasteiger charge is 2.63. The van der Waals surface area contributed by atoms with Crippen molar-refractivity contribution in [1.82, 2.24) is 33.2 Å². The normalized spacial score (nSPS) is 23.0. The lowest BCUT2D eigenvalue weighted by Crippen LogP contribution is -2.55. The van der Waals surface area contributed by atoms with Crippen LogP contribution in [0.25, 0.3) is 166 Å². The molecule has 0 unspecified atom stereocenters. The molecule has 13 aromatic carbocycles. The molecule has 0 N–H and O–H groups in total. The Kier molecular flexibility index (Phi) is 13.4. The quantitative estimate of drug-likeness (QED) is 0.160. The van der Waals surface area contributed by atoms with Crippen LogP contribution in [-0.4, -0.2) is 33.2 Å². The second-order valence-corrected chi connectivity index (χ2v) is 35.1. The van der Waals surface area contributed by atoms with E-state index < -0.39 is 0 Å². The number of benzene rings is 13. The second kappa shape index (κ2) is 23.9. The smallest absolute Gasteiger partial charge is 0.140 e. The van der Waals surface area contributed by atoms with Crippen LogP contribution in [0.5, 0.6) is 0 Å². The molecular weight excluding hydrogens is 1380 g/mol. The van der Waals surface area contributed by atoms with Gasteiger partial charge in [-0.3, -0.25) is 9.55 Å². The zero-order chi connectivity index (χ0) is 74.2. The maximum Gasteiger partial charge on any atom is 0.140 e. The average Bonchev–Trinajstić information content (AvgIpc) is 1.49. The van der Waals surface area contributed by atoms with Crippen LogP contribution in [0.15, 0.2) is 322 Å². The summed E-state index contributed by atoms with van der Waals surface area (Å²) in [4.78, 5) is 13.4. The van der Waals surface area contributed by atoms with Gasteiger partial charge >= 0.3 is 0 Å². The minimum Gasteiger partial charge on any atom is -0.309 e. The van der Waals surface area contributed by atoms with Crippen molar-refractivity contribution in [1.29, 1.82) is 0 Å².